The molecule has 0 aliphatic carbocycles. The van der Waals surface area contributed by atoms with E-state index in [1.54, 1.807) is 60.7 Å². The van der Waals surface area contributed by atoms with Crippen LogP contribution < -0.4 is 0 Å². The van der Waals surface area contributed by atoms with Crippen LogP contribution in [0.3, 0.4) is 0 Å². The minimum atomic E-state index is -6.60. The predicted molar refractivity (Wildman–Crippen MR) is 199 cm³/mol. The summed E-state index contributed by atoms with van der Waals surface area (Å²) in [6.45, 7) is 0. The molecule has 26 heteroatoms. The number of nitrogens with one attached hydrogen (secondary N) is 2. The first-order valence-electron chi connectivity index (χ1n) is 15.5. The number of aromatic nitrogens is 8. The molecule has 0 atom stereocenters. The maximum Gasteiger partial charge on any atom is 2.00 e. The fraction of sp³-hybridized carbons (Fsp3) is 0. The van der Waals surface area contributed by atoms with Crippen LogP contribution in [0.15, 0.2) is 92.4 Å². The van der Waals surface area contributed by atoms with Gasteiger partial charge < -0.3 is 28.2 Å². The summed E-state index contributed by atoms with van der Waals surface area (Å²) < 4.78 is 154. The Morgan fingerprint density at radius 2 is 0.621 bits per heavy atom. The van der Waals surface area contributed by atoms with Crippen molar-refractivity contribution in [3.63, 3.8) is 0 Å². The SMILES string of the molecule is O=S(=O)([O-])c1c(S(=O)(=O)[O-])c(S(=O)(=O)[O-])c2c3nc4nc(nc5[nH]c(nc6nc(nc([nH]3)c2c1S(=O)(=O)[O-])-c1ccccc1-6)c1ccccc51)-c1ccccc1-4.[Al+2].[Al+2]. The van der Waals surface area contributed by atoms with E-state index < -0.39 is 82.1 Å². The van der Waals surface area contributed by atoms with Crippen molar-refractivity contribution in [3.8, 4) is 45.6 Å². The van der Waals surface area contributed by atoms with Crippen LogP contribution in [0.2, 0.25) is 0 Å². The Bertz CT molecular complexity index is 3390. The van der Waals surface area contributed by atoms with Gasteiger partial charge in [0.1, 0.15) is 63.1 Å². The van der Waals surface area contributed by atoms with Gasteiger partial charge in [-0.1, -0.05) is 72.8 Å². The monoisotopic (exact) mass is 884 g/mol. The number of fused-ring (bicyclic) bond motifs is 20. The van der Waals surface area contributed by atoms with E-state index in [9.17, 15) is 51.9 Å². The summed E-state index contributed by atoms with van der Waals surface area (Å²) in [4.78, 5) is 23.0. The summed E-state index contributed by atoms with van der Waals surface area (Å²) >= 11 is 0. The Morgan fingerprint density at radius 1 is 0.362 bits per heavy atom. The average molecular weight is 885 g/mol. The van der Waals surface area contributed by atoms with Crippen molar-refractivity contribution in [2.45, 2.75) is 19.6 Å². The molecule has 2 radical (unpaired) electrons. The number of aromatic amines is 2. The van der Waals surface area contributed by atoms with Crippen LogP contribution in [0.1, 0.15) is 0 Å². The normalized spacial score (nSPS) is 12.8. The molecule has 7 aromatic rings. The van der Waals surface area contributed by atoms with Crippen LogP contribution in [0.5, 0.6) is 0 Å². The fourth-order valence-corrected chi connectivity index (χ4v) is 11.6. The molecule has 0 fully saturated rings. The summed E-state index contributed by atoms with van der Waals surface area (Å²) in [6.07, 6.45) is 0. The maximum absolute atomic E-state index is 13.0. The van der Waals surface area contributed by atoms with E-state index in [-0.39, 0.29) is 80.4 Å². The fourth-order valence-electron chi connectivity index (χ4n) is 6.72. The summed E-state index contributed by atoms with van der Waals surface area (Å²) in [5.41, 5.74) is -0.283. The van der Waals surface area contributed by atoms with Crippen molar-refractivity contribution in [1.82, 2.24) is 39.9 Å². The zero-order valence-corrected chi connectivity index (χ0v) is 33.9. The van der Waals surface area contributed by atoms with Crippen LogP contribution in [0.25, 0.3) is 89.7 Å². The van der Waals surface area contributed by atoms with Crippen molar-refractivity contribution in [3.05, 3.63) is 72.8 Å². The number of nitrogens with zero attached hydrogens (tertiary/aromatic N) is 6. The second kappa shape index (κ2) is 13.8. The predicted octanol–water partition coefficient (Wildman–Crippen LogP) is 1.72. The van der Waals surface area contributed by atoms with Crippen molar-refractivity contribution in [2.75, 3.05) is 0 Å². The third-order valence-electron chi connectivity index (χ3n) is 8.82. The van der Waals surface area contributed by atoms with E-state index in [1.165, 1.54) is 12.1 Å². The van der Waals surface area contributed by atoms with Gasteiger partial charge in [-0.2, -0.15) is 0 Å². The van der Waals surface area contributed by atoms with Crippen LogP contribution in [0, 0.1) is 0 Å². The molecule has 58 heavy (non-hydrogen) atoms. The molecule has 20 nitrogen and oxygen atoms in total. The number of H-pyrrole nitrogens is 2. The van der Waals surface area contributed by atoms with Crippen molar-refractivity contribution >= 4 is 119 Å². The van der Waals surface area contributed by atoms with Gasteiger partial charge in [-0.25, -0.2) is 63.6 Å². The molecule has 8 bridgehead atoms. The molecule has 2 aliphatic heterocycles. The molecular weight excluding hydrogens is 871 g/mol. The molecule has 5 heterocycles. The van der Waals surface area contributed by atoms with Crippen molar-refractivity contribution in [2.24, 2.45) is 0 Å². The molecule has 9 rings (SSSR count). The standard InChI is InChI=1S/C32H18N8O12S4.2Al/c41-53(42,43)21-19-20(22(54(44,45)46)24(56(50,51)52)23(21)55(47,48)49)32-39-30-18-12-6-4-10-16(18)28(37-30)35-26-14-8-2-1-7-13(14)25(33-26)34-27-15-9-3-5-11-17(15)29(36-27)38-31(19)40-32;;/h1-12H,(H,41,42,43)(H,44,45,46)(H,47,48,49)(H,50,51,52)(H2,33,34,35,36,37,38,39,40);;/q;2*+2/p-4. The molecule has 3 aromatic heterocycles. The number of benzene rings is 4. The average Bonchev–Trinajstić information content (AvgIpc) is 3.84. The van der Waals surface area contributed by atoms with Gasteiger partial charge in [0, 0.05) is 43.8 Å². The van der Waals surface area contributed by atoms with Gasteiger partial charge in [-0.15, -0.1) is 0 Å². The third kappa shape index (κ3) is 6.49. The molecule has 0 amide bonds. The summed E-state index contributed by atoms with van der Waals surface area (Å²) in [7, 11) is -26.0. The molecule has 0 saturated carbocycles. The smallest absolute Gasteiger partial charge is 0.744 e. The minimum Gasteiger partial charge on any atom is -0.744 e. The maximum atomic E-state index is 13.0. The van der Waals surface area contributed by atoms with Gasteiger partial charge >= 0.3 is 34.7 Å². The van der Waals surface area contributed by atoms with E-state index in [0.29, 0.717) is 21.9 Å². The largest absolute Gasteiger partial charge is 2.00 e. The quantitative estimate of drug-likeness (QED) is 0.188. The van der Waals surface area contributed by atoms with Gasteiger partial charge in [-0.3, -0.25) is 0 Å². The molecule has 4 aromatic carbocycles. The zero-order chi connectivity index (χ0) is 39.7. The van der Waals surface area contributed by atoms with E-state index in [0.717, 1.165) is 0 Å². The Kier molecular flexibility index (Phi) is 9.76. The zero-order valence-electron chi connectivity index (χ0n) is 28.3. The summed E-state index contributed by atoms with van der Waals surface area (Å²) in [5.74, 6) is -0.637. The first-order valence-corrected chi connectivity index (χ1v) is 21.1. The van der Waals surface area contributed by atoms with Crippen LogP contribution in [-0.2, 0) is 40.5 Å². The molecule has 0 unspecified atom stereocenters. The number of hydrogen-bond donors (Lipinski definition) is 2. The Balaban J connectivity index is 0.00000256. The molecule has 284 valence electrons. The van der Waals surface area contributed by atoms with Crippen LogP contribution >= 0.6 is 0 Å². The van der Waals surface area contributed by atoms with E-state index >= 15 is 0 Å². The second-order valence-electron chi connectivity index (χ2n) is 12.1. The van der Waals surface area contributed by atoms with E-state index in [2.05, 4.69) is 29.9 Å². The van der Waals surface area contributed by atoms with Gasteiger partial charge in [0.2, 0.25) is 0 Å². The minimum absolute atomic E-state index is 0. The molecule has 0 spiro atoms. The van der Waals surface area contributed by atoms with Crippen LogP contribution in [0.4, 0.5) is 0 Å². The summed E-state index contributed by atoms with van der Waals surface area (Å²) in [6, 6.07) is 19.6. The topological polar surface area (TPSA) is 338 Å². The van der Waals surface area contributed by atoms with Crippen LogP contribution in [-0.4, -0.2) is 126 Å². The first-order chi connectivity index (χ1) is 26.3. The van der Waals surface area contributed by atoms with Gasteiger partial charge in [0.05, 0.1) is 19.6 Å². The Hall–Kier alpha value is -5.06. The first kappa shape index (κ1) is 41.1. The van der Waals surface area contributed by atoms with E-state index in [4.69, 9.17) is 9.97 Å². The molecule has 2 N–H and O–H groups in total. The molecular formula is C32H14Al2N8O12S4. The van der Waals surface area contributed by atoms with Crippen molar-refractivity contribution in [1.29, 1.82) is 0 Å². The van der Waals surface area contributed by atoms with Crippen molar-refractivity contribution < 1.29 is 51.9 Å². The second-order valence-corrected chi connectivity index (χ2v) is 17.4. The third-order valence-corrected chi connectivity index (χ3v) is 12.8. The Morgan fingerprint density at radius 3 is 0.914 bits per heavy atom. The van der Waals surface area contributed by atoms with E-state index in [1.807, 2.05) is 0 Å². The Labute approximate surface area is 346 Å². The van der Waals surface area contributed by atoms with Gasteiger partial charge in [-0.05, 0) is 0 Å². The molecule has 0 saturated heterocycles. The number of rotatable bonds is 4. The van der Waals surface area contributed by atoms with Gasteiger partial charge in [0.25, 0.3) is 0 Å². The van der Waals surface area contributed by atoms with Gasteiger partial charge in [0.15, 0.2) is 23.3 Å². The summed E-state index contributed by atoms with van der Waals surface area (Å²) in [5, 5.41) is -1.56. The number of hydrogen-bond acceptors (Lipinski definition) is 18. The molecule has 2 aliphatic rings.